The molecule has 0 saturated carbocycles. The van der Waals surface area contributed by atoms with Crippen LogP contribution in [0.5, 0.6) is 11.5 Å². The first-order chi connectivity index (χ1) is 14.0. The molecule has 0 radical (unpaired) electrons. The van der Waals surface area contributed by atoms with Crippen molar-refractivity contribution in [3.05, 3.63) is 71.2 Å². The fourth-order valence-corrected chi connectivity index (χ4v) is 3.83. The molecule has 2 aliphatic rings. The molecule has 29 heavy (non-hydrogen) atoms. The van der Waals surface area contributed by atoms with E-state index in [2.05, 4.69) is 11.6 Å². The molecule has 2 aromatic rings. The van der Waals surface area contributed by atoms with Crippen LogP contribution < -0.4 is 9.47 Å². The largest absolute Gasteiger partial charge is 0.478 e. The molecule has 2 aromatic carbocycles. The summed E-state index contributed by atoms with van der Waals surface area (Å²) in [6.45, 7) is 4.21. The van der Waals surface area contributed by atoms with Gasteiger partial charge < -0.3 is 14.6 Å². The second-order valence-electron chi connectivity index (χ2n) is 6.17. The summed E-state index contributed by atoms with van der Waals surface area (Å²) >= 11 is 1.25. The predicted molar refractivity (Wildman–Crippen MR) is 111 cm³/mol. The molecule has 0 atom stereocenters. The van der Waals surface area contributed by atoms with E-state index in [9.17, 15) is 9.59 Å². The molecule has 2 heterocycles. The summed E-state index contributed by atoms with van der Waals surface area (Å²) in [5.41, 5.74) is 1.55. The third-order valence-corrected chi connectivity index (χ3v) is 5.24. The lowest BCUT2D eigenvalue weighted by Crippen LogP contribution is -2.29. The van der Waals surface area contributed by atoms with Gasteiger partial charge in [0.2, 0.25) is 6.79 Å². The maximum Gasteiger partial charge on any atom is 0.335 e. The van der Waals surface area contributed by atoms with Crippen LogP contribution >= 0.6 is 11.8 Å². The maximum atomic E-state index is 12.9. The number of carboxylic acid groups (broad SMARTS) is 1. The van der Waals surface area contributed by atoms with Crippen LogP contribution in [0.25, 0.3) is 6.08 Å². The van der Waals surface area contributed by atoms with Crippen LogP contribution in [0.15, 0.2) is 65.0 Å². The van der Waals surface area contributed by atoms with E-state index < -0.39 is 5.97 Å². The molecule has 0 aromatic heterocycles. The van der Waals surface area contributed by atoms with Gasteiger partial charge in [-0.2, -0.15) is 0 Å². The van der Waals surface area contributed by atoms with Gasteiger partial charge in [0, 0.05) is 6.54 Å². The number of thioether (sulfide) groups is 1. The predicted octanol–water partition coefficient (Wildman–Crippen LogP) is 3.90. The lowest BCUT2D eigenvalue weighted by molar-refractivity contribution is -0.121. The number of amides is 1. The summed E-state index contributed by atoms with van der Waals surface area (Å²) in [7, 11) is 0. The van der Waals surface area contributed by atoms with E-state index in [-0.39, 0.29) is 18.3 Å². The van der Waals surface area contributed by atoms with Gasteiger partial charge in [0.05, 0.1) is 16.2 Å². The van der Waals surface area contributed by atoms with E-state index in [1.807, 2.05) is 12.1 Å². The van der Waals surface area contributed by atoms with Gasteiger partial charge in [0.15, 0.2) is 16.7 Å². The number of ether oxygens (including phenoxy) is 2. The summed E-state index contributed by atoms with van der Waals surface area (Å²) in [5.74, 6) is 0.147. The van der Waals surface area contributed by atoms with Gasteiger partial charge >= 0.3 is 5.97 Å². The van der Waals surface area contributed by atoms with Gasteiger partial charge in [-0.25, -0.2) is 9.79 Å². The Kier molecular flexibility index (Phi) is 5.09. The quantitative estimate of drug-likeness (QED) is 0.596. The molecular formula is C21H16N2O5S. The van der Waals surface area contributed by atoms with Crippen molar-refractivity contribution in [2.45, 2.75) is 0 Å². The highest BCUT2D eigenvalue weighted by Gasteiger charge is 2.32. The second-order valence-corrected chi connectivity index (χ2v) is 7.18. The molecular weight excluding hydrogens is 392 g/mol. The Morgan fingerprint density at radius 1 is 1.21 bits per heavy atom. The van der Waals surface area contributed by atoms with Crippen molar-refractivity contribution >= 4 is 40.6 Å². The Bertz CT molecular complexity index is 1060. The topological polar surface area (TPSA) is 88.4 Å². The molecule has 8 heteroatoms. The first kappa shape index (κ1) is 18.8. The summed E-state index contributed by atoms with van der Waals surface area (Å²) < 4.78 is 10.7. The van der Waals surface area contributed by atoms with Gasteiger partial charge in [-0.1, -0.05) is 12.1 Å². The second kappa shape index (κ2) is 7.84. The number of hydrogen-bond acceptors (Lipinski definition) is 6. The third-order valence-electron chi connectivity index (χ3n) is 4.23. The zero-order chi connectivity index (χ0) is 20.4. The molecule has 0 aliphatic carbocycles. The van der Waals surface area contributed by atoms with Crippen LogP contribution in [0.1, 0.15) is 15.9 Å². The maximum absolute atomic E-state index is 12.9. The minimum atomic E-state index is -1.00. The van der Waals surface area contributed by atoms with E-state index in [1.165, 1.54) is 28.8 Å². The standard InChI is InChI=1S/C21H16N2O5S/c1-2-9-23-19(24)18(11-13-3-8-16-17(10-13)28-12-27-16)29-21(23)22-15-6-4-14(5-7-15)20(25)26/h2-8,10-11H,1,9,12H2,(H,25,26)/b18-11-,22-21?. The molecule has 0 spiro atoms. The van der Waals surface area contributed by atoms with Crippen LogP contribution in [0.4, 0.5) is 5.69 Å². The van der Waals surface area contributed by atoms with Crippen molar-refractivity contribution in [3.8, 4) is 11.5 Å². The van der Waals surface area contributed by atoms with Crippen molar-refractivity contribution in [3.63, 3.8) is 0 Å². The Labute approximate surface area is 171 Å². The minimum absolute atomic E-state index is 0.173. The highest BCUT2D eigenvalue weighted by molar-refractivity contribution is 8.18. The average molecular weight is 408 g/mol. The number of carboxylic acids is 1. The van der Waals surface area contributed by atoms with Crippen LogP contribution in [0.3, 0.4) is 0 Å². The summed E-state index contributed by atoms with van der Waals surface area (Å²) in [4.78, 5) is 30.4. The third kappa shape index (κ3) is 3.88. The highest BCUT2D eigenvalue weighted by atomic mass is 32.2. The van der Waals surface area contributed by atoms with Crippen LogP contribution in [0, 0.1) is 0 Å². The van der Waals surface area contributed by atoms with Crippen molar-refractivity contribution in [2.75, 3.05) is 13.3 Å². The highest BCUT2D eigenvalue weighted by Crippen LogP contribution is 2.37. The van der Waals surface area contributed by atoms with Crippen LogP contribution in [-0.2, 0) is 4.79 Å². The molecule has 1 saturated heterocycles. The van der Waals surface area contributed by atoms with Gasteiger partial charge in [0.25, 0.3) is 5.91 Å². The number of nitrogens with zero attached hydrogens (tertiary/aromatic N) is 2. The first-order valence-corrected chi connectivity index (χ1v) is 9.51. The fourth-order valence-electron chi connectivity index (χ4n) is 2.82. The van der Waals surface area contributed by atoms with Crippen molar-refractivity contribution in [2.24, 2.45) is 4.99 Å². The number of carbonyl (C=O) groups excluding carboxylic acids is 1. The molecule has 1 fully saturated rings. The number of amidine groups is 1. The molecule has 2 aliphatic heterocycles. The summed E-state index contributed by atoms with van der Waals surface area (Å²) in [5, 5.41) is 9.52. The lowest BCUT2D eigenvalue weighted by Gasteiger charge is -2.12. The van der Waals surface area contributed by atoms with Gasteiger partial charge in [-0.15, -0.1) is 6.58 Å². The number of benzene rings is 2. The summed E-state index contributed by atoms with van der Waals surface area (Å²) in [6, 6.07) is 11.6. The Balaban J connectivity index is 1.63. The van der Waals surface area contributed by atoms with Crippen molar-refractivity contribution in [1.82, 2.24) is 4.90 Å². The van der Waals surface area contributed by atoms with Gasteiger partial charge in [0.1, 0.15) is 0 Å². The number of carbonyl (C=O) groups is 2. The van der Waals surface area contributed by atoms with Crippen LogP contribution in [0.2, 0.25) is 0 Å². The number of rotatable bonds is 5. The summed E-state index contributed by atoms with van der Waals surface area (Å²) in [6.07, 6.45) is 3.41. The number of aliphatic imine (C=N–C) groups is 1. The van der Waals surface area contributed by atoms with E-state index in [4.69, 9.17) is 14.6 Å². The Morgan fingerprint density at radius 3 is 2.69 bits per heavy atom. The number of fused-ring (bicyclic) bond motifs is 1. The average Bonchev–Trinajstić information content (AvgIpc) is 3.28. The van der Waals surface area contributed by atoms with Gasteiger partial charge in [-0.05, 0) is 59.8 Å². The number of aromatic carboxylic acids is 1. The Hall–Kier alpha value is -3.52. The van der Waals surface area contributed by atoms with Crippen molar-refractivity contribution < 1.29 is 24.2 Å². The SMILES string of the molecule is C=CCN1C(=O)/C(=C/c2ccc3c(c2)OCO3)SC1=Nc1ccc(C(=O)O)cc1. The zero-order valence-electron chi connectivity index (χ0n) is 15.2. The smallest absolute Gasteiger partial charge is 0.335 e. The van der Waals surface area contributed by atoms with E-state index in [0.29, 0.717) is 33.8 Å². The molecule has 1 amide bonds. The number of hydrogen-bond donors (Lipinski definition) is 1. The first-order valence-electron chi connectivity index (χ1n) is 8.69. The monoisotopic (exact) mass is 408 g/mol. The van der Waals surface area contributed by atoms with Crippen LogP contribution in [-0.4, -0.2) is 40.4 Å². The fraction of sp³-hybridized carbons (Fsp3) is 0.0952. The van der Waals surface area contributed by atoms with E-state index in [0.717, 1.165) is 5.56 Å². The normalized spacial score (nSPS) is 17.9. The molecule has 4 rings (SSSR count). The molecule has 146 valence electrons. The molecule has 0 unspecified atom stereocenters. The van der Waals surface area contributed by atoms with Crippen molar-refractivity contribution in [1.29, 1.82) is 0 Å². The van der Waals surface area contributed by atoms with E-state index >= 15 is 0 Å². The molecule has 7 nitrogen and oxygen atoms in total. The lowest BCUT2D eigenvalue weighted by atomic mass is 10.2. The van der Waals surface area contributed by atoms with E-state index in [1.54, 1.807) is 30.4 Å². The van der Waals surface area contributed by atoms with Gasteiger partial charge in [-0.3, -0.25) is 9.69 Å². The minimum Gasteiger partial charge on any atom is -0.478 e. The zero-order valence-corrected chi connectivity index (χ0v) is 16.0. The Morgan fingerprint density at radius 2 is 1.97 bits per heavy atom. The molecule has 0 bridgehead atoms. The molecule has 1 N–H and O–H groups in total.